The van der Waals surface area contributed by atoms with Crippen LogP contribution in [-0.4, -0.2) is 41.2 Å². The lowest BCUT2D eigenvalue weighted by molar-refractivity contribution is -0.0764. The van der Waals surface area contributed by atoms with Crippen molar-refractivity contribution < 1.29 is 14.6 Å². The van der Waals surface area contributed by atoms with Gasteiger partial charge in [-0.2, -0.15) is 0 Å². The summed E-state index contributed by atoms with van der Waals surface area (Å²) in [5.74, 6) is 0.158. The van der Waals surface area contributed by atoms with Crippen LogP contribution in [0.3, 0.4) is 0 Å². The summed E-state index contributed by atoms with van der Waals surface area (Å²) in [6.45, 7) is 5.72. The van der Waals surface area contributed by atoms with E-state index in [2.05, 4.69) is 0 Å². The van der Waals surface area contributed by atoms with Crippen LogP contribution in [0.15, 0.2) is 24.3 Å². The van der Waals surface area contributed by atoms with Crippen LogP contribution in [0, 0.1) is 0 Å². The van der Waals surface area contributed by atoms with Gasteiger partial charge >= 0.3 is 0 Å². The number of nitrogens with zero attached hydrogens (tertiary/aromatic N) is 1. The number of phenolic OH excluding ortho intramolecular Hbond substituents is 1. The Kier molecular flexibility index (Phi) is 3.07. The zero-order valence-corrected chi connectivity index (χ0v) is 10.1. The monoisotopic (exact) mass is 235 g/mol. The maximum atomic E-state index is 12.2. The van der Waals surface area contributed by atoms with Crippen LogP contribution in [0.5, 0.6) is 5.75 Å². The summed E-state index contributed by atoms with van der Waals surface area (Å²) in [5.41, 5.74) is 0.311. The van der Waals surface area contributed by atoms with Gasteiger partial charge in [0.25, 0.3) is 5.91 Å². The molecule has 1 fully saturated rings. The highest BCUT2D eigenvalue weighted by Crippen LogP contribution is 2.19. The van der Waals surface area contributed by atoms with Crippen molar-refractivity contribution in [2.75, 3.05) is 19.7 Å². The molecule has 92 valence electrons. The Morgan fingerprint density at radius 3 is 2.59 bits per heavy atom. The lowest BCUT2D eigenvalue weighted by atomic mass is 10.1. The number of aromatic hydroxyl groups is 1. The SMILES string of the molecule is CC1(C)CN(C(=O)c2ccc(O)cc2)CCO1. The molecule has 1 aliphatic heterocycles. The van der Waals surface area contributed by atoms with Crippen molar-refractivity contribution in [3.05, 3.63) is 29.8 Å². The molecule has 1 aromatic carbocycles. The number of hydrogen-bond donors (Lipinski definition) is 1. The minimum Gasteiger partial charge on any atom is -0.508 e. The fourth-order valence-corrected chi connectivity index (χ4v) is 1.98. The number of benzene rings is 1. The van der Waals surface area contributed by atoms with Gasteiger partial charge in [-0.25, -0.2) is 0 Å². The Hall–Kier alpha value is -1.55. The molecule has 1 heterocycles. The van der Waals surface area contributed by atoms with Gasteiger partial charge in [0, 0.05) is 18.7 Å². The zero-order valence-electron chi connectivity index (χ0n) is 10.1. The van der Waals surface area contributed by atoms with Crippen LogP contribution in [0.25, 0.3) is 0 Å². The summed E-state index contributed by atoms with van der Waals surface area (Å²) in [6.07, 6.45) is 0. The first-order valence-electron chi connectivity index (χ1n) is 5.70. The van der Waals surface area contributed by atoms with Gasteiger partial charge in [0.1, 0.15) is 5.75 Å². The highest BCUT2D eigenvalue weighted by atomic mass is 16.5. The number of rotatable bonds is 1. The summed E-state index contributed by atoms with van der Waals surface area (Å²) in [6, 6.07) is 6.33. The number of carbonyl (C=O) groups is 1. The predicted octanol–water partition coefficient (Wildman–Crippen LogP) is 1.64. The Bertz CT molecular complexity index is 411. The summed E-state index contributed by atoms with van der Waals surface area (Å²) in [7, 11) is 0. The van der Waals surface area contributed by atoms with E-state index in [4.69, 9.17) is 4.74 Å². The lowest BCUT2D eigenvalue weighted by Gasteiger charge is -2.38. The van der Waals surface area contributed by atoms with E-state index < -0.39 is 0 Å². The molecular formula is C13H17NO3. The Labute approximate surface area is 101 Å². The predicted molar refractivity (Wildman–Crippen MR) is 64.0 cm³/mol. The van der Waals surface area contributed by atoms with Gasteiger partial charge < -0.3 is 14.7 Å². The Morgan fingerprint density at radius 2 is 2.00 bits per heavy atom. The number of phenols is 1. The molecule has 2 rings (SSSR count). The van der Waals surface area contributed by atoms with E-state index in [1.165, 1.54) is 12.1 Å². The normalized spacial score (nSPS) is 19.1. The first kappa shape index (κ1) is 11.9. The van der Waals surface area contributed by atoms with Crippen molar-refractivity contribution in [1.29, 1.82) is 0 Å². The molecule has 4 nitrogen and oxygen atoms in total. The molecule has 1 amide bonds. The largest absolute Gasteiger partial charge is 0.508 e. The van der Waals surface area contributed by atoms with Crippen LogP contribution in [0.1, 0.15) is 24.2 Å². The topological polar surface area (TPSA) is 49.8 Å². The van der Waals surface area contributed by atoms with Crippen LogP contribution in [0.4, 0.5) is 0 Å². The van der Waals surface area contributed by atoms with Gasteiger partial charge in [-0.05, 0) is 38.1 Å². The Morgan fingerprint density at radius 1 is 1.35 bits per heavy atom. The van der Waals surface area contributed by atoms with Gasteiger partial charge in [-0.3, -0.25) is 4.79 Å². The average molecular weight is 235 g/mol. The third-order valence-corrected chi connectivity index (χ3v) is 2.83. The third-order valence-electron chi connectivity index (χ3n) is 2.83. The molecule has 0 unspecified atom stereocenters. The minimum absolute atomic E-state index is 0.0126. The van der Waals surface area contributed by atoms with Crippen molar-refractivity contribution in [3.63, 3.8) is 0 Å². The molecule has 1 aromatic rings. The van der Waals surface area contributed by atoms with Crippen molar-refractivity contribution in [3.8, 4) is 5.75 Å². The van der Waals surface area contributed by atoms with Crippen LogP contribution < -0.4 is 0 Å². The summed E-state index contributed by atoms with van der Waals surface area (Å²) >= 11 is 0. The van der Waals surface area contributed by atoms with E-state index in [9.17, 15) is 9.90 Å². The molecule has 4 heteroatoms. The number of carbonyl (C=O) groups excluding carboxylic acids is 1. The van der Waals surface area contributed by atoms with Crippen molar-refractivity contribution >= 4 is 5.91 Å². The summed E-state index contributed by atoms with van der Waals surface area (Å²) in [4.78, 5) is 14.0. The highest BCUT2D eigenvalue weighted by Gasteiger charge is 2.30. The molecule has 0 spiro atoms. The van der Waals surface area contributed by atoms with E-state index in [1.54, 1.807) is 17.0 Å². The molecule has 0 aromatic heterocycles. The fraction of sp³-hybridized carbons (Fsp3) is 0.462. The summed E-state index contributed by atoms with van der Waals surface area (Å²) in [5, 5.41) is 9.19. The smallest absolute Gasteiger partial charge is 0.254 e. The number of morpholine rings is 1. The minimum atomic E-state index is -0.287. The second kappa shape index (κ2) is 4.37. The van der Waals surface area contributed by atoms with Gasteiger partial charge in [0.05, 0.1) is 12.2 Å². The van der Waals surface area contributed by atoms with E-state index in [-0.39, 0.29) is 17.3 Å². The van der Waals surface area contributed by atoms with Gasteiger partial charge in [0.2, 0.25) is 0 Å². The van der Waals surface area contributed by atoms with Crippen LogP contribution in [-0.2, 0) is 4.74 Å². The van der Waals surface area contributed by atoms with E-state index in [1.807, 2.05) is 13.8 Å². The first-order valence-corrected chi connectivity index (χ1v) is 5.70. The van der Waals surface area contributed by atoms with Crippen molar-refractivity contribution in [2.45, 2.75) is 19.4 Å². The van der Waals surface area contributed by atoms with Crippen LogP contribution in [0.2, 0.25) is 0 Å². The highest BCUT2D eigenvalue weighted by molar-refractivity contribution is 5.94. The number of ether oxygens (including phenoxy) is 1. The molecule has 1 aliphatic rings. The zero-order chi connectivity index (χ0) is 12.5. The molecule has 1 N–H and O–H groups in total. The lowest BCUT2D eigenvalue weighted by Crippen LogP contribution is -2.50. The van der Waals surface area contributed by atoms with Crippen molar-refractivity contribution in [1.82, 2.24) is 4.90 Å². The molecule has 1 saturated heterocycles. The van der Waals surface area contributed by atoms with Gasteiger partial charge in [-0.1, -0.05) is 0 Å². The average Bonchev–Trinajstić information content (AvgIpc) is 2.28. The molecule has 17 heavy (non-hydrogen) atoms. The summed E-state index contributed by atoms with van der Waals surface area (Å²) < 4.78 is 5.57. The van der Waals surface area contributed by atoms with E-state index in [0.29, 0.717) is 25.3 Å². The third kappa shape index (κ3) is 2.77. The second-order valence-electron chi connectivity index (χ2n) is 4.88. The first-order chi connectivity index (χ1) is 7.98. The molecule has 0 bridgehead atoms. The quantitative estimate of drug-likeness (QED) is 0.805. The maximum absolute atomic E-state index is 12.2. The fourth-order valence-electron chi connectivity index (χ4n) is 1.98. The number of hydrogen-bond acceptors (Lipinski definition) is 3. The van der Waals surface area contributed by atoms with Crippen molar-refractivity contribution in [2.24, 2.45) is 0 Å². The van der Waals surface area contributed by atoms with E-state index >= 15 is 0 Å². The molecular weight excluding hydrogens is 218 g/mol. The number of amides is 1. The standard InChI is InChI=1S/C13H17NO3/c1-13(2)9-14(7-8-17-13)12(16)10-3-5-11(15)6-4-10/h3-6,15H,7-9H2,1-2H3. The van der Waals surface area contributed by atoms with Gasteiger partial charge in [-0.15, -0.1) is 0 Å². The molecule has 0 atom stereocenters. The molecule has 0 saturated carbocycles. The molecule has 0 aliphatic carbocycles. The van der Waals surface area contributed by atoms with Crippen LogP contribution >= 0.6 is 0 Å². The molecule has 0 radical (unpaired) electrons. The second-order valence-corrected chi connectivity index (χ2v) is 4.88. The Balaban J connectivity index is 2.12. The van der Waals surface area contributed by atoms with E-state index in [0.717, 1.165) is 0 Å². The maximum Gasteiger partial charge on any atom is 0.254 e. The van der Waals surface area contributed by atoms with Gasteiger partial charge in [0.15, 0.2) is 0 Å².